The van der Waals surface area contributed by atoms with Gasteiger partial charge in [-0.1, -0.05) is 12.0 Å². The Hall–Kier alpha value is -1.99. The molecule has 1 aromatic rings. The molecule has 1 amide bonds. The standard InChI is InChI=1S/C15H17NO3/c1-2-8-16-15(18)10-19-12-7-6-11-4-3-5-14(17)13(11)9-12/h1,6-7,9,14,17H,3-5,8,10H2,(H,16,18)/t14-/m0/s1. The average Bonchev–Trinajstić information content (AvgIpc) is 2.43. The molecule has 0 spiro atoms. The maximum Gasteiger partial charge on any atom is 0.258 e. The predicted molar refractivity (Wildman–Crippen MR) is 71.7 cm³/mol. The topological polar surface area (TPSA) is 58.6 Å². The van der Waals surface area contributed by atoms with Crippen molar-refractivity contribution in [1.29, 1.82) is 0 Å². The summed E-state index contributed by atoms with van der Waals surface area (Å²) in [5, 5.41) is 12.4. The molecule has 4 heteroatoms. The van der Waals surface area contributed by atoms with E-state index >= 15 is 0 Å². The van der Waals surface area contributed by atoms with Gasteiger partial charge in [0.2, 0.25) is 0 Å². The fourth-order valence-electron chi connectivity index (χ4n) is 2.19. The van der Waals surface area contributed by atoms with Crippen LogP contribution in [-0.4, -0.2) is 24.2 Å². The van der Waals surface area contributed by atoms with Crippen LogP contribution in [0, 0.1) is 12.3 Å². The van der Waals surface area contributed by atoms with Gasteiger partial charge in [-0.25, -0.2) is 0 Å². The number of nitrogens with one attached hydrogen (secondary N) is 1. The molecule has 0 heterocycles. The zero-order chi connectivity index (χ0) is 13.7. The van der Waals surface area contributed by atoms with Crippen molar-refractivity contribution in [2.45, 2.75) is 25.4 Å². The number of aliphatic hydroxyl groups is 1. The monoisotopic (exact) mass is 259 g/mol. The number of carbonyl (C=O) groups is 1. The van der Waals surface area contributed by atoms with E-state index in [1.54, 1.807) is 0 Å². The first-order chi connectivity index (χ1) is 9.20. The lowest BCUT2D eigenvalue weighted by molar-refractivity contribution is -0.122. The molecule has 1 atom stereocenters. The zero-order valence-electron chi connectivity index (χ0n) is 10.7. The van der Waals surface area contributed by atoms with Crippen molar-refractivity contribution in [1.82, 2.24) is 5.32 Å². The van der Waals surface area contributed by atoms with Crippen molar-refractivity contribution in [2.75, 3.05) is 13.2 Å². The van der Waals surface area contributed by atoms with Gasteiger partial charge in [-0.3, -0.25) is 4.79 Å². The summed E-state index contributed by atoms with van der Waals surface area (Å²) in [5.41, 5.74) is 2.07. The highest BCUT2D eigenvalue weighted by Crippen LogP contribution is 2.32. The summed E-state index contributed by atoms with van der Waals surface area (Å²) in [6.45, 7) is 0.127. The van der Waals surface area contributed by atoms with E-state index in [0.29, 0.717) is 5.75 Å². The fourth-order valence-corrected chi connectivity index (χ4v) is 2.19. The van der Waals surface area contributed by atoms with Gasteiger partial charge in [0.15, 0.2) is 6.61 Å². The maximum atomic E-state index is 11.3. The van der Waals surface area contributed by atoms with Gasteiger partial charge in [-0.2, -0.15) is 0 Å². The number of amides is 1. The van der Waals surface area contributed by atoms with E-state index in [0.717, 1.165) is 30.4 Å². The van der Waals surface area contributed by atoms with Gasteiger partial charge >= 0.3 is 0 Å². The zero-order valence-corrected chi connectivity index (χ0v) is 10.7. The van der Waals surface area contributed by atoms with Crippen molar-refractivity contribution >= 4 is 5.91 Å². The second-order valence-corrected chi connectivity index (χ2v) is 4.54. The number of benzene rings is 1. The number of carbonyl (C=O) groups excluding carboxylic acids is 1. The van der Waals surface area contributed by atoms with Gasteiger partial charge in [0.1, 0.15) is 5.75 Å². The van der Waals surface area contributed by atoms with E-state index < -0.39 is 6.10 Å². The van der Waals surface area contributed by atoms with Crippen molar-refractivity contribution in [2.24, 2.45) is 0 Å². The Morgan fingerprint density at radius 2 is 2.42 bits per heavy atom. The molecule has 0 saturated heterocycles. The number of fused-ring (bicyclic) bond motifs is 1. The van der Waals surface area contributed by atoms with Gasteiger partial charge in [-0.15, -0.1) is 6.42 Å². The summed E-state index contributed by atoms with van der Waals surface area (Å²) in [6.07, 6.45) is 7.38. The summed E-state index contributed by atoms with van der Waals surface area (Å²) >= 11 is 0. The largest absolute Gasteiger partial charge is 0.484 e. The quantitative estimate of drug-likeness (QED) is 0.798. The summed E-state index contributed by atoms with van der Waals surface area (Å²) in [5.74, 6) is 2.66. The second-order valence-electron chi connectivity index (χ2n) is 4.54. The molecule has 0 bridgehead atoms. The number of rotatable bonds is 4. The molecule has 2 rings (SSSR count). The van der Waals surface area contributed by atoms with E-state index in [-0.39, 0.29) is 19.1 Å². The second kappa shape index (κ2) is 6.26. The molecule has 0 saturated carbocycles. The molecule has 0 unspecified atom stereocenters. The van der Waals surface area contributed by atoms with Crippen LogP contribution in [-0.2, 0) is 11.2 Å². The Bertz CT molecular complexity index is 505. The smallest absolute Gasteiger partial charge is 0.258 e. The Labute approximate surface area is 112 Å². The molecular formula is C15H17NO3. The number of aliphatic hydroxyl groups excluding tert-OH is 1. The lowest BCUT2D eigenvalue weighted by Gasteiger charge is -2.21. The van der Waals surface area contributed by atoms with Gasteiger partial charge in [0, 0.05) is 0 Å². The normalized spacial score (nSPS) is 17.2. The van der Waals surface area contributed by atoms with Crippen LogP contribution in [0.4, 0.5) is 0 Å². The summed E-state index contributed by atoms with van der Waals surface area (Å²) in [4.78, 5) is 11.3. The molecule has 4 nitrogen and oxygen atoms in total. The number of hydrogen-bond acceptors (Lipinski definition) is 3. The van der Waals surface area contributed by atoms with Gasteiger partial charge in [0.05, 0.1) is 12.6 Å². The first-order valence-corrected chi connectivity index (χ1v) is 6.34. The van der Waals surface area contributed by atoms with E-state index in [9.17, 15) is 9.90 Å². The van der Waals surface area contributed by atoms with Crippen molar-refractivity contribution in [3.63, 3.8) is 0 Å². The number of ether oxygens (including phenoxy) is 1. The van der Waals surface area contributed by atoms with Crippen molar-refractivity contribution < 1.29 is 14.6 Å². The molecule has 0 radical (unpaired) electrons. The summed E-state index contributed by atoms with van der Waals surface area (Å²) < 4.78 is 5.39. The maximum absolute atomic E-state index is 11.3. The third-order valence-electron chi connectivity index (χ3n) is 3.16. The van der Waals surface area contributed by atoms with Gasteiger partial charge in [-0.05, 0) is 42.5 Å². The van der Waals surface area contributed by atoms with Crippen LogP contribution in [0.5, 0.6) is 5.75 Å². The Morgan fingerprint density at radius 3 is 3.21 bits per heavy atom. The minimum absolute atomic E-state index is 0.0729. The molecule has 1 aliphatic rings. The van der Waals surface area contributed by atoms with E-state index in [1.165, 1.54) is 0 Å². The van der Waals surface area contributed by atoms with Crippen LogP contribution in [0.15, 0.2) is 18.2 Å². The highest BCUT2D eigenvalue weighted by Gasteiger charge is 2.18. The molecule has 19 heavy (non-hydrogen) atoms. The molecule has 1 aliphatic carbocycles. The lowest BCUT2D eigenvalue weighted by atomic mass is 9.89. The SMILES string of the molecule is C#CCNC(=O)COc1ccc2c(c1)[C@@H](O)CCC2. The molecule has 1 aromatic carbocycles. The molecule has 0 fully saturated rings. The molecule has 0 aliphatic heterocycles. The van der Waals surface area contributed by atoms with Crippen LogP contribution >= 0.6 is 0 Å². The van der Waals surface area contributed by atoms with Gasteiger partial charge in [0.25, 0.3) is 5.91 Å². The minimum atomic E-state index is -0.428. The third kappa shape index (κ3) is 3.49. The average molecular weight is 259 g/mol. The molecular weight excluding hydrogens is 242 g/mol. The first kappa shape index (κ1) is 13.4. The number of aryl methyl sites for hydroxylation is 1. The summed E-state index contributed by atoms with van der Waals surface area (Å²) in [7, 11) is 0. The van der Waals surface area contributed by atoms with Crippen molar-refractivity contribution in [3.05, 3.63) is 29.3 Å². The number of hydrogen-bond donors (Lipinski definition) is 2. The predicted octanol–water partition coefficient (Wildman–Crippen LogP) is 1.18. The van der Waals surface area contributed by atoms with E-state index in [1.807, 2.05) is 18.2 Å². The number of terminal acetylenes is 1. The first-order valence-electron chi connectivity index (χ1n) is 6.34. The van der Waals surface area contributed by atoms with Crippen LogP contribution in [0.1, 0.15) is 30.1 Å². The Kier molecular flexibility index (Phi) is 4.43. The third-order valence-corrected chi connectivity index (χ3v) is 3.16. The Morgan fingerprint density at radius 1 is 1.58 bits per heavy atom. The highest BCUT2D eigenvalue weighted by atomic mass is 16.5. The molecule has 2 N–H and O–H groups in total. The Balaban J connectivity index is 1.97. The van der Waals surface area contributed by atoms with E-state index in [2.05, 4.69) is 11.2 Å². The van der Waals surface area contributed by atoms with Crippen LogP contribution < -0.4 is 10.1 Å². The minimum Gasteiger partial charge on any atom is -0.484 e. The molecule has 0 aromatic heterocycles. The van der Waals surface area contributed by atoms with E-state index in [4.69, 9.17) is 11.2 Å². The highest BCUT2D eigenvalue weighted by molar-refractivity contribution is 5.77. The summed E-state index contributed by atoms with van der Waals surface area (Å²) in [6, 6.07) is 5.59. The van der Waals surface area contributed by atoms with Crippen LogP contribution in [0.25, 0.3) is 0 Å². The lowest BCUT2D eigenvalue weighted by Crippen LogP contribution is -2.29. The van der Waals surface area contributed by atoms with Crippen LogP contribution in [0.2, 0.25) is 0 Å². The fraction of sp³-hybridized carbons (Fsp3) is 0.400. The van der Waals surface area contributed by atoms with Gasteiger partial charge < -0.3 is 15.2 Å². The molecule has 100 valence electrons. The van der Waals surface area contributed by atoms with Crippen LogP contribution in [0.3, 0.4) is 0 Å². The van der Waals surface area contributed by atoms with Crippen molar-refractivity contribution in [3.8, 4) is 18.1 Å².